The van der Waals surface area contributed by atoms with Gasteiger partial charge in [0.05, 0.1) is 0 Å². The molecule has 1 aromatic rings. The van der Waals surface area contributed by atoms with Gasteiger partial charge in [-0.25, -0.2) is 0 Å². The fourth-order valence-corrected chi connectivity index (χ4v) is 1.61. The molecule has 12 heavy (non-hydrogen) atoms. The Balaban J connectivity index is 2.08. The Morgan fingerprint density at radius 2 is 1.83 bits per heavy atom. The van der Waals surface area contributed by atoms with E-state index in [1.807, 2.05) is 0 Å². The molecule has 0 amide bonds. The molecule has 0 radical (unpaired) electrons. The molecule has 64 valence electrons. The fraction of sp³-hybridized carbons (Fsp3) is 0.400. The molecule has 1 aromatic carbocycles. The van der Waals surface area contributed by atoms with Gasteiger partial charge < -0.3 is 5.73 Å². The number of nitrogens with two attached hydrogens (primary N) is 1. The summed E-state index contributed by atoms with van der Waals surface area (Å²) in [6, 6.07) is 8.41. The van der Waals surface area contributed by atoms with Crippen molar-refractivity contribution in [3.8, 4) is 0 Å². The lowest BCUT2D eigenvalue weighted by molar-refractivity contribution is 0.672. The van der Waals surface area contributed by atoms with Gasteiger partial charge in [0.15, 0.2) is 0 Å². The number of benzene rings is 1. The van der Waals surface area contributed by atoms with Crippen LogP contribution >= 0.6 is 15.9 Å². The lowest BCUT2D eigenvalue weighted by Gasteiger charge is -2.07. The molecular weight excluding hydrogens is 214 g/mol. The van der Waals surface area contributed by atoms with Gasteiger partial charge in [-0.05, 0) is 37.0 Å². The molecule has 0 saturated heterocycles. The van der Waals surface area contributed by atoms with Crippen LogP contribution in [0.1, 0.15) is 18.4 Å². The van der Waals surface area contributed by atoms with Gasteiger partial charge in [0.1, 0.15) is 0 Å². The molecule has 1 nitrogen and oxygen atoms in total. The van der Waals surface area contributed by atoms with Crippen LogP contribution in [0.15, 0.2) is 28.7 Å². The maximum atomic E-state index is 6.00. The minimum Gasteiger partial charge on any atom is -0.325 e. The van der Waals surface area contributed by atoms with Gasteiger partial charge in [0, 0.05) is 10.0 Å². The molecular formula is C10H12BrN. The lowest BCUT2D eigenvalue weighted by Crippen LogP contribution is -2.24. The van der Waals surface area contributed by atoms with E-state index < -0.39 is 0 Å². The predicted octanol–water partition coefficient (Wildman–Crippen LogP) is 2.48. The molecule has 0 spiro atoms. The van der Waals surface area contributed by atoms with E-state index in [0.29, 0.717) is 0 Å². The van der Waals surface area contributed by atoms with Crippen LogP contribution in [0.25, 0.3) is 0 Å². The van der Waals surface area contributed by atoms with E-state index in [9.17, 15) is 0 Å². The van der Waals surface area contributed by atoms with Crippen LogP contribution in [-0.4, -0.2) is 5.54 Å². The zero-order valence-electron chi connectivity index (χ0n) is 6.89. The van der Waals surface area contributed by atoms with Crippen molar-refractivity contribution in [3.63, 3.8) is 0 Å². The summed E-state index contributed by atoms with van der Waals surface area (Å²) >= 11 is 3.41. The molecule has 2 heteroatoms. The lowest BCUT2D eigenvalue weighted by atomic mass is 10.1. The van der Waals surface area contributed by atoms with E-state index in [-0.39, 0.29) is 5.54 Å². The monoisotopic (exact) mass is 225 g/mol. The highest BCUT2D eigenvalue weighted by Crippen LogP contribution is 2.35. The van der Waals surface area contributed by atoms with Crippen molar-refractivity contribution < 1.29 is 0 Å². The Labute approximate surface area is 81.1 Å². The highest BCUT2D eigenvalue weighted by atomic mass is 79.9. The average Bonchev–Trinajstić information content (AvgIpc) is 2.74. The average molecular weight is 226 g/mol. The summed E-state index contributed by atoms with van der Waals surface area (Å²) in [6.45, 7) is 0. The van der Waals surface area contributed by atoms with Gasteiger partial charge in [0.25, 0.3) is 0 Å². The molecule has 0 aliphatic heterocycles. The second kappa shape index (κ2) is 2.86. The normalized spacial score (nSPS) is 19.2. The molecule has 2 rings (SSSR count). The largest absolute Gasteiger partial charge is 0.325 e. The van der Waals surface area contributed by atoms with Gasteiger partial charge in [-0.1, -0.05) is 28.1 Å². The molecule has 2 N–H and O–H groups in total. The Morgan fingerprint density at radius 3 is 2.33 bits per heavy atom. The van der Waals surface area contributed by atoms with Crippen LogP contribution in [0.2, 0.25) is 0 Å². The van der Waals surface area contributed by atoms with E-state index in [1.54, 1.807) is 0 Å². The second-order valence-electron chi connectivity index (χ2n) is 3.67. The zero-order chi connectivity index (χ0) is 8.60. The summed E-state index contributed by atoms with van der Waals surface area (Å²) in [4.78, 5) is 0. The summed E-state index contributed by atoms with van der Waals surface area (Å²) in [7, 11) is 0. The third-order valence-corrected chi connectivity index (χ3v) is 2.89. The van der Waals surface area contributed by atoms with Crippen LogP contribution in [0, 0.1) is 0 Å². The van der Waals surface area contributed by atoms with Gasteiger partial charge in [-0.2, -0.15) is 0 Å². The van der Waals surface area contributed by atoms with Crippen molar-refractivity contribution in [3.05, 3.63) is 34.3 Å². The summed E-state index contributed by atoms with van der Waals surface area (Å²) in [5.74, 6) is 0. The maximum absolute atomic E-state index is 6.00. The molecule has 0 bridgehead atoms. The first-order chi connectivity index (χ1) is 5.68. The zero-order valence-corrected chi connectivity index (χ0v) is 8.47. The van der Waals surface area contributed by atoms with E-state index in [2.05, 4.69) is 40.2 Å². The SMILES string of the molecule is NC1(Cc2ccc(Br)cc2)CC1. The highest BCUT2D eigenvalue weighted by molar-refractivity contribution is 9.10. The third kappa shape index (κ3) is 1.87. The number of halogens is 1. The van der Waals surface area contributed by atoms with Crippen molar-refractivity contribution in [2.75, 3.05) is 0 Å². The van der Waals surface area contributed by atoms with Crippen LogP contribution in [0.3, 0.4) is 0 Å². The van der Waals surface area contributed by atoms with E-state index >= 15 is 0 Å². The summed E-state index contributed by atoms with van der Waals surface area (Å²) < 4.78 is 1.13. The third-order valence-electron chi connectivity index (χ3n) is 2.36. The molecule has 0 atom stereocenters. The fourth-order valence-electron chi connectivity index (χ4n) is 1.35. The van der Waals surface area contributed by atoms with Crippen molar-refractivity contribution in [1.29, 1.82) is 0 Å². The molecule has 1 aliphatic carbocycles. The van der Waals surface area contributed by atoms with E-state index in [4.69, 9.17) is 5.73 Å². The Hall–Kier alpha value is -0.340. The molecule has 1 fully saturated rings. The molecule has 1 aliphatic rings. The summed E-state index contributed by atoms with van der Waals surface area (Å²) in [5, 5.41) is 0. The first-order valence-electron chi connectivity index (χ1n) is 4.21. The Morgan fingerprint density at radius 1 is 1.25 bits per heavy atom. The highest BCUT2D eigenvalue weighted by Gasteiger charge is 2.37. The van der Waals surface area contributed by atoms with Crippen LogP contribution in [0.5, 0.6) is 0 Å². The minimum atomic E-state index is 0.133. The van der Waals surface area contributed by atoms with Gasteiger partial charge >= 0.3 is 0 Å². The smallest absolute Gasteiger partial charge is 0.0196 e. The van der Waals surface area contributed by atoms with Gasteiger partial charge in [-0.15, -0.1) is 0 Å². The molecule has 1 saturated carbocycles. The first-order valence-corrected chi connectivity index (χ1v) is 5.01. The number of hydrogen-bond acceptors (Lipinski definition) is 1. The van der Waals surface area contributed by atoms with Gasteiger partial charge in [0.2, 0.25) is 0 Å². The van der Waals surface area contributed by atoms with Crippen LogP contribution < -0.4 is 5.73 Å². The van der Waals surface area contributed by atoms with Crippen molar-refractivity contribution in [2.24, 2.45) is 5.73 Å². The molecule has 0 heterocycles. The van der Waals surface area contributed by atoms with Crippen molar-refractivity contribution >= 4 is 15.9 Å². The second-order valence-corrected chi connectivity index (χ2v) is 4.58. The predicted molar refractivity (Wildman–Crippen MR) is 54.0 cm³/mol. The maximum Gasteiger partial charge on any atom is 0.0196 e. The number of hydrogen-bond donors (Lipinski definition) is 1. The molecule has 0 unspecified atom stereocenters. The topological polar surface area (TPSA) is 26.0 Å². The first kappa shape index (κ1) is 8.27. The minimum absolute atomic E-state index is 0.133. The van der Waals surface area contributed by atoms with E-state index in [0.717, 1.165) is 10.9 Å². The Kier molecular flexibility index (Phi) is 1.97. The quantitative estimate of drug-likeness (QED) is 0.823. The molecule has 0 aromatic heterocycles. The standard InChI is InChI=1S/C10H12BrN/c11-9-3-1-8(2-4-9)7-10(12)5-6-10/h1-4H,5-7,12H2. The van der Waals surface area contributed by atoms with Crippen molar-refractivity contribution in [2.45, 2.75) is 24.8 Å². The number of rotatable bonds is 2. The summed E-state index contributed by atoms with van der Waals surface area (Å²) in [5.41, 5.74) is 7.48. The van der Waals surface area contributed by atoms with Gasteiger partial charge in [-0.3, -0.25) is 0 Å². The van der Waals surface area contributed by atoms with E-state index in [1.165, 1.54) is 18.4 Å². The van der Waals surface area contributed by atoms with Crippen LogP contribution in [0.4, 0.5) is 0 Å². The Bertz CT molecular complexity index is 274. The van der Waals surface area contributed by atoms with Crippen molar-refractivity contribution in [1.82, 2.24) is 0 Å². The summed E-state index contributed by atoms with van der Waals surface area (Å²) in [6.07, 6.45) is 3.40. The van der Waals surface area contributed by atoms with Crippen LogP contribution in [-0.2, 0) is 6.42 Å².